The Morgan fingerprint density at radius 1 is 1.35 bits per heavy atom. The number of nitrogens with two attached hydrogens (primary N) is 1. The molecule has 0 radical (unpaired) electrons. The van der Waals surface area contributed by atoms with Gasteiger partial charge in [0.2, 0.25) is 0 Å². The molecule has 104 valence electrons. The lowest BCUT2D eigenvalue weighted by Gasteiger charge is -2.14. The number of pyridine rings is 1. The fourth-order valence-electron chi connectivity index (χ4n) is 1.77. The molecule has 0 aliphatic carbocycles. The van der Waals surface area contributed by atoms with Crippen LogP contribution in [0, 0.1) is 10.1 Å². The molecule has 1 aromatic heterocycles. The molecule has 1 unspecified atom stereocenters. The second-order valence-electron chi connectivity index (χ2n) is 4.17. The highest BCUT2D eigenvalue weighted by molar-refractivity contribution is 9.10. The van der Waals surface area contributed by atoms with Crippen molar-refractivity contribution in [2.24, 2.45) is 5.73 Å². The lowest BCUT2D eigenvalue weighted by Crippen LogP contribution is -2.21. The van der Waals surface area contributed by atoms with E-state index in [-0.39, 0.29) is 11.7 Å². The fourth-order valence-corrected chi connectivity index (χ4v) is 2.23. The molecule has 1 heterocycles. The molecule has 0 bridgehead atoms. The number of halogens is 1. The van der Waals surface area contributed by atoms with Gasteiger partial charge in [0.05, 0.1) is 9.40 Å². The van der Waals surface area contributed by atoms with Gasteiger partial charge in [-0.1, -0.05) is 30.3 Å². The summed E-state index contributed by atoms with van der Waals surface area (Å²) in [5.41, 5.74) is 7.32. The van der Waals surface area contributed by atoms with Crippen molar-refractivity contribution in [3.8, 4) is 0 Å². The van der Waals surface area contributed by atoms with E-state index in [2.05, 4.69) is 26.2 Å². The Labute approximate surface area is 124 Å². The van der Waals surface area contributed by atoms with Gasteiger partial charge in [-0.3, -0.25) is 15.1 Å². The molecule has 0 saturated carbocycles. The number of rotatable bonds is 5. The van der Waals surface area contributed by atoms with Crippen molar-refractivity contribution < 1.29 is 4.92 Å². The van der Waals surface area contributed by atoms with Gasteiger partial charge in [-0.05, 0) is 21.5 Å². The van der Waals surface area contributed by atoms with Gasteiger partial charge >= 0.3 is 5.69 Å². The molecule has 3 N–H and O–H groups in total. The third-order valence-electron chi connectivity index (χ3n) is 2.80. The molecule has 0 spiro atoms. The minimum absolute atomic E-state index is 0.0837. The fraction of sp³-hybridized carbons (Fsp3) is 0.154. The Hall–Kier alpha value is -1.99. The highest BCUT2D eigenvalue weighted by Crippen LogP contribution is 2.31. The van der Waals surface area contributed by atoms with Gasteiger partial charge < -0.3 is 11.1 Å². The van der Waals surface area contributed by atoms with E-state index < -0.39 is 4.92 Å². The topological polar surface area (TPSA) is 94.1 Å². The smallest absolute Gasteiger partial charge is 0.311 e. The Kier molecular flexibility index (Phi) is 4.65. The Bertz CT molecular complexity index is 607. The molecule has 2 aromatic rings. The van der Waals surface area contributed by atoms with Gasteiger partial charge in [-0.25, -0.2) is 0 Å². The van der Waals surface area contributed by atoms with Gasteiger partial charge in [0.15, 0.2) is 0 Å². The number of nitro groups is 1. The number of nitrogens with one attached hydrogen (secondary N) is 1. The molecule has 20 heavy (non-hydrogen) atoms. The van der Waals surface area contributed by atoms with E-state index >= 15 is 0 Å². The van der Waals surface area contributed by atoms with Gasteiger partial charge in [-0.2, -0.15) is 0 Å². The summed E-state index contributed by atoms with van der Waals surface area (Å²) in [7, 11) is 0. The maximum absolute atomic E-state index is 11.0. The number of hydrogen-bond acceptors (Lipinski definition) is 5. The number of aromatic nitrogens is 1. The molecule has 1 atom stereocenters. The van der Waals surface area contributed by atoms with Crippen LogP contribution in [-0.2, 0) is 0 Å². The lowest BCUT2D eigenvalue weighted by molar-refractivity contribution is -0.384. The standard InChI is InChI=1S/C13H13BrN4O2/c14-10-6-16-8-12(18(19)20)13(10)17-7-11(15)9-4-2-1-3-5-9/h1-6,8,11H,7,15H2,(H,16,17). The normalized spacial score (nSPS) is 11.9. The largest absolute Gasteiger partial charge is 0.377 e. The zero-order valence-electron chi connectivity index (χ0n) is 10.5. The van der Waals surface area contributed by atoms with E-state index in [1.807, 2.05) is 30.3 Å². The molecule has 0 fully saturated rings. The van der Waals surface area contributed by atoms with Crippen molar-refractivity contribution in [3.05, 3.63) is 62.9 Å². The lowest BCUT2D eigenvalue weighted by atomic mass is 10.1. The van der Waals surface area contributed by atoms with Gasteiger partial charge in [0.25, 0.3) is 0 Å². The molecule has 0 aliphatic rings. The minimum atomic E-state index is -0.478. The van der Waals surface area contributed by atoms with Crippen LogP contribution in [0.25, 0.3) is 0 Å². The summed E-state index contributed by atoms with van der Waals surface area (Å²) in [6.07, 6.45) is 2.71. The van der Waals surface area contributed by atoms with Gasteiger partial charge in [0, 0.05) is 18.8 Å². The molecule has 1 aromatic carbocycles. The van der Waals surface area contributed by atoms with E-state index in [4.69, 9.17) is 5.73 Å². The van der Waals surface area contributed by atoms with Gasteiger partial charge in [-0.15, -0.1) is 0 Å². The Morgan fingerprint density at radius 3 is 2.70 bits per heavy atom. The molecule has 6 nitrogen and oxygen atoms in total. The maximum atomic E-state index is 11.0. The van der Waals surface area contributed by atoms with Crippen molar-refractivity contribution in [1.29, 1.82) is 0 Å². The number of nitrogens with zero attached hydrogens (tertiary/aromatic N) is 2. The summed E-state index contributed by atoms with van der Waals surface area (Å²) >= 11 is 3.25. The summed E-state index contributed by atoms with van der Waals surface area (Å²) in [5, 5.41) is 14.0. The summed E-state index contributed by atoms with van der Waals surface area (Å²) in [5.74, 6) is 0. The number of anilines is 1. The zero-order valence-corrected chi connectivity index (χ0v) is 12.1. The summed E-state index contributed by atoms with van der Waals surface area (Å²) in [6.45, 7) is 0.382. The highest BCUT2D eigenvalue weighted by Gasteiger charge is 2.18. The average Bonchev–Trinajstić information content (AvgIpc) is 2.46. The van der Waals surface area contributed by atoms with Crippen molar-refractivity contribution in [2.45, 2.75) is 6.04 Å². The molecule has 7 heteroatoms. The third kappa shape index (κ3) is 3.31. The van der Waals surface area contributed by atoms with Crippen LogP contribution in [0.2, 0.25) is 0 Å². The minimum Gasteiger partial charge on any atom is -0.377 e. The van der Waals surface area contributed by atoms with Crippen LogP contribution in [0.1, 0.15) is 11.6 Å². The third-order valence-corrected chi connectivity index (χ3v) is 3.40. The average molecular weight is 337 g/mol. The first kappa shape index (κ1) is 14.4. The van der Waals surface area contributed by atoms with E-state index in [1.165, 1.54) is 12.4 Å². The van der Waals surface area contributed by atoms with Crippen LogP contribution in [0.4, 0.5) is 11.4 Å². The van der Waals surface area contributed by atoms with E-state index in [0.29, 0.717) is 16.7 Å². The Morgan fingerprint density at radius 2 is 2.05 bits per heavy atom. The second-order valence-corrected chi connectivity index (χ2v) is 5.02. The van der Waals surface area contributed by atoms with Crippen LogP contribution in [0.15, 0.2) is 47.2 Å². The second kappa shape index (κ2) is 6.44. The number of hydrogen-bond donors (Lipinski definition) is 2. The predicted octanol–water partition coefficient (Wildman–Crippen LogP) is 2.86. The van der Waals surface area contributed by atoms with E-state index in [1.54, 1.807) is 0 Å². The zero-order chi connectivity index (χ0) is 14.5. The SMILES string of the molecule is NC(CNc1c(Br)cncc1[N+](=O)[O-])c1ccccc1. The Balaban J connectivity index is 2.13. The molecule has 0 aliphatic heterocycles. The molecular formula is C13H13BrN4O2. The summed E-state index contributed by atoms with van der Waals surface area (Å²) < 4.78 is 0.534. The van der Waals surface area contributed by atoms with Crippen LogP contribution in [0.5, 0.6) is 0 Å². The van der Waals surface area contributed by atoms with Crippen molar-refractivity contribution >= 4 is 27.3 Å². The first-order valence-corrected chi connectivity index (χ1v) is 6.71. The quantitative estimate of drug-likeness (QED) is 0.646. The van der Waals surface area contributed by atoms with Crippen molar-refractivity contribution in [2.75, 3.05) is 11.9 Å². The summed E-state index contributed by atoms with van der Waals surface area (Å²) in [4.78, 5) is 14.3. The molecule has 2 rings (SSSR count). The number of benzene rings is 1. The first-order chi connectivity index (χ1) is 9.59. The summed E-state index contributed by atoms with van der Waals surface area (Å²) in [6, 6.07) is 9.30. The maximum Gasteiger partial charge on any atom is 0.311 e. The van der Waals surface area contributed by atoms with Crippen LogP contribution >= 0.6 is 15.9 Å². The predicted molar refractivity (Wildman–Crippen MR) is 80.5 cm³/mol. The van der Waals surface area contributed by atoms with Crippen molar-refractivity contribution in [1.82, 2.24) is 4.98 Å². The van der Waals surface area contributed by atoms with Gasteiger partial charge in [0.1, 0.15) is 11.9 Å². The molecule has 0 saturated heterocycles. The van der Waals surface area contributed by atoms with Crippen LogP contribution in [-0.4, -0.2) is 16.5 Å². The van der Waals surface area contributed by atoms with Crippen molar-refractivity contribution in [3.63, 3.8) is 0 Å². The first-order valence-electron chi connectivity index (χ1n) is 5.92. The van der Waals surface area contributed by atoms with Crippen LogP contribution in [0.3, 0.4) is 0 Å². The highest BCUT2D eigenvalue weighted by atomic mass is 79.9. The van der Waals surface area contributed by atoms with Crippen LogP contribution < -0.4 is 11.1 Å². The monoisotopic (exact) mass is 336 g/mol. The molecule has 0 amide bonds. The van der Waals surface area contributed by atoms with E-state index in [9.17, 15) is 10.1 Å². The van der Waals surface area contributed by atoms with E-state index in [0.717, 1.165) is 5.56 Å². The molecular weight excluding hydrogens is 324 g/mol.